The zero-order valence-electron chi connectivity index (χ0n) is 14.4. The second-order valence-corrected chi connectivity index (χ2v) is 8.86. The zero-order chi connectivity index (χ0) is 18.7. The van der Waals surface area contributed by atoms with E-state index in [9.17, 15) is 22.4 Å². The molecule has 0 spiro atoms. The number of sulfone groups is 1. The van der Waals surface area contributed by atoms with Crippen LogP contribution in [0.25, 0.3) is 0 Å². The van der Waals surface area contributed by atoms with E-state index in [1.165, 1.54) is 18.2 Å². The SMILES string of the molecule is O=C(NCC(=O)N1CCN([C@H]2CCS(=O)(=O)C2)CC1)c1ccccc1F. The quantitative estimate of drug-likeness (QED) is 0.784. The van der Waals surface area contributed by atoms with Crippen LogP contribution in [-0.2, 0) is 14.6 Å². The Morgan fingerprint density at radius 2 is 1.85 bits per heavy atom. The first-order valence-electron chi connectivity index (χ1n) is 8.61. The molecule has 2 aliphatic heterocycles. The van der Waals surface area contributed by atoms with E-state index in [0.717, 1.165) is 0 Å². The number of nitrogens with one attached hydrogen (secondary N) is 1. The highest BCUT2D eigenvalue weighted by Gasteiger charge is 2.34. The first-order chi connectivity index (χ1) is 12.4. The second-order valence-electron chi connectivity index (χ2n) is 6.64. The molecule has 0 aromatic heterocycles. The van der Waals surface area contributed by atoms with Gasteiger partial charge in [-0.3, -0.25) is 14.5 Å². The van der Waals surface area contributed by atoms with Crippen LogP contribution in [0, 0.1) is 5.82 Å². The highest BCUT2D eigenvalue weighted by Crippen LogP contribution is 2.19. The third-order valence-electron chi connectivity index (χ3n) is 4.91. The van der Waals surface area contributed by atoms with Gasteiger partial charge in [0.1, 0.15) is 5.82 Å². The van der Waals surface area contributed by atoms with Crippen molar-refractivity contribution in [2.75, 3.05) is 44.2 Å². The van der Waals surface area contributed by atoms with Gasteiger partial charge in [0.2, 0.25) is 5.91 Å². The zero-order valence-corrected chi connectivity index (χ0v) is 15.2. The normalized spacial score (nSPS) is 23.0. The fourth-order valence-electron chi connectivity index (χ4n) is 3.41. The van der Waals surface area contributed by atoms with Crippen molar-refractivity contribution in [1.29, 1.82) is 0 Å². The van der Waals surface area contributed by atoms with E-state index < -0.39 is 21.6 Å². The lowest BCUT2D eigenvalue weighted by Crippen LogP contribution is -2.54. The molecule has 1 aromatic rings. The van der Waals surface area contributed by atoms with Gasteiger partial charge in [-0.05, 0) is 18.6 Å². The molecule has 1 N–H and O–H groups in total. The average Bonchev–Trinajstić information content (AvgIpc) is 3.00. The number of piperazine rings is 1. The fraction of sp³-hybridized carbons (Fsp3) is 0.529. The van der Waals surface area contributed by atoms with Crippen LogP contribution in [0.2, 0.25) is 0 Å². The van der Waals surface area contributed by atoms with Crippen LogP contribution in [0.15, 0.2) is 24.3 Å². The Hall–Kier alpha value is -2.00. The second kappa shape index (κ2) is 7.71. The summed E-state index contributed by atoms with van der Waals surface area (Å²) in [6, 6.07) is 5.65. The number of hydrogen-bond acceptors (Lipinski definition) is 5. The summed E-state index contributed by atoms with van der Waals surface area (Å²) in [5.74, 6) is -1.05. The summed E-state index contributed by atoms with van der Waals surface area (Å²) in [6.07, 6.45) is 0.648. The molecule has 1 atom stereocenters. The molecule has 0 aliphatic carbocycles. The first-order valence-corrected chi connectivity index (χ1v) is 10.4. The summed E-state index contributed by atoms with van der Waals surface area (Å²) in [5, 5.41) is 2.45. The molecule has 0 radical (unpaired) electrons. The van der Waals surface area contributed by atoms with E-state index >= 15 is 0 Å². The third kappa shape index (κ3) is 4.39. The molecular formula is C17H22FN3O4S. The minimum atomic E-state index is -2.92. The Morgan fingerprint density at radius 1 is 1.15 bits per heavy atom. The largest absolute Gasteiger partial charge is 0.343 e. The molecule has 7 nitrogen and oxygen atoms in total. The number of nitrogens with zero attached hydrogens (tertiary/aromatic N) is 2. The number of benzene rings is 1. The van der Waals surface area contributed by atoms with Crippen molar-refractivity contribution in [3.05, 3.63) is 35.6 Å². The van der Waals surface area contributed by atoms with Gasteiger partial charge in [-0.1, -0.05) is 12.1 Å². The van der Waals surface area contributed by atoms with Gasteiger partial charge in [0.15, 0.2) is 9.84 Å². The number of carbonyl (C=O) groups excluding carboxylic acids is 2. The molecular weight excluding hydrogens is 361 g/mol. The van der Waals surface area contributed by atoms with E-state index in [1.807, 2.05) is 0 Å². The molecule has 2 fully saturated rings. The molecule has 2 amide bonds. The number of hydrogen-bond donors (Lipinski definition) is 1. The van der Waals surface area contributed by atoms with Crippen molar-refractivity contribution in [2.24, 2.45) is 0 Å². The summed E-state index contributed by atoms with van der Waals surface area (Å²) < 4.78 is 36.7. The molecule has 0 bridgehead atoms. The van der Waals surface area contributed by atoms with Crippen molar-refractivity contribution in [3.8, 4) is 0 Å². The maximum absolute atomic E-state index is 13.6. The Balaban J connectivity index is 1.45. The van der Waals surface area contributed by atoms with Crippen LogP contribution in [0.3, 0.4) is 0 Å². The van der Waals surface area contributed by atoms with Crippen LogP contribution in [0.1, 0.15) is 16.8 Å². The maximum atomic E-state index is 13.6. The third-order valence-corrected chi connectivity index (χ3v) is 6.66. The summed E-state index contributed by atoms with van der Waals surface area (Å²) in [7, 11) is -2.92. The Bertz CT molecular complexity index is 791. The topological polar surface area (TPSA) is 86.8 Å². The van der Waals surface area contributed by atoms with Crippen molar-refractivity contribution in [1.82, 2.24) is 15.1 Å². The Labute approximate surface area is 152 Å². The lowest BCUT2D eigenvalue weighted by Gasteiger charge is -2.37. The molecule has 2 aliphatic rings. The molecule has 2 saturated heterocycles. The standard InChI is InChI=1S/C17H22FN3O4S/c18-15-4-2-1-3-14(15)17(23)19-11-16(22)21-8-6-20(7-9-21)13-5-10-26(24,25)12-13/h1-4,13H,5-12H2,(H,19,23)/t13-/m0/s1. The maximum Gasteiger partial charge on any atom is 0.254 e. The lowest BCUT2D eigenvalue weighted by molar-refractivity contribution is -0.132. The average molecular weight is 383 g/mol. The Morgan fingerprint density at radius 3 is 2.46 bits per heavy atom. The summed E-state index contributed by atoms with van der Waals surface area (Å²) in [4.78, 5) is 28.0. The monoisotopic (exact) mass is 383 g/mol. The van der Waals surface area contributed by atoms with Crippen molar-refractivity contribution in [3.63, 3.8) is 0 Å². The van der Waals surface area contributed by atoms with E-state index in [-0.39, 0.29) is 35.6 Å². The summed E-state index contributed by atoms with van der Waals surface area (Å²) >= 11 is 0. The van der Waals surface area contributed by atoms with Crippen molar-refractivity contribution < 1.29 is 22.4 Å². The molecule has 142 valence electrons. The predicted molar refractivity (Wildman–Crippen MR) is 93.9 cm³/mol. The lowest BCUT2D eigenvalue weighted by atomic mass is 10.2. The summed E-state index contributed by atoms with van der Waals surface area (Å²) in [6.45, 7) is 2.03. The van der Waals surface area contributed by atoms with Crippen molar-refractivity contribution in [2.45, 2.75) is 12.5 Å². The first kappa shape index (κ1) is 18.8. The van der Waals surface area contributed by atoms with Gasteiger partial charge in [0.25, 0.3) is 5.91 Å². The van der Waals surface area contributed by atoms with Gasteiger partial charge in [-0.15, -0.1) is 0 Å². The molecule has 0 unspecified atom stereocenters. The fourth-order valence-corrected chi connectivity index (χ4v) is 5.17. The highest BCUT2D eigenvalue weighted by molar-refractivity contribution is 7.91. The van der Waals surface area contributed by atoms with Crippen LogP contribution >= 0.6 is 0 Å². The molecule has 3 rings (SSSR count). The molecule has 1 aromatic carbocycles. The number of rotatable bonds is 4. The molecule has 9 heteroatoms. The number of halogens is 1. The van der Waals surface area contributed by atoms with Crippen LogP contribution in [0.4, 0.5) is 4.39 Å². The van der Waals surface area contributed by atoms with Gasteiger partial charge in [-0.25, -0.2) is 12.8 Å². The van der Waals surface area contributed by atoms with Crippen molar-refractivity contribution >= 4 is 21.7 Å². The summed E-state index contributed by atoms with van der Waals surface area (Å²) in [5.41, 5.74) is -0.0902. The minimum Gasteiger partial charge on any atom is -0.343 e. The van der Waals surface area contributed by atoms with E-state index in [0.29, 0.717) is 32.6 Å². The highest BCUT2D eigenvalue weighted by atomic mass is 32.2. The smallest absolute Gasteiger partial charge is 0.254 e. The Kier molecular flexibility index (Phi) is 5.57. The van der Waals surface area contributed by atoms with Crippen LogP contribution in [-0.4, -0.2) is 80.3 Å². The van der Waals surface area contributed by atoms with E-state index in [4.69, 9.17) is 0 Å². The van der Waals surface area contributed by atoms with Crippen LogP contribution < -0.4 is 5.32 Å². The minimum absolute atomic E-state index is 0.0398. The predicted octanol–water partition coefficient (Wildman–Crippen LogP) is -0.113. The van der Waals surface area contributed by atoms with Gasteiger partial charge >= 0.3 is 0 Å². The number of amides is 2. The molecule has 0 saturated carbocycles. The van der Waals surface area contributed by atoms with Crippen LogP contribution in [0.5, 0.6) is 0 Å². The van der Waals surface area contributed by atoms with Gasteiger partial charge < -0.3 is 10.2 Å². The van der Waals surface area contributed by atoms with E-state index in [2.05, 4.69) is 10.2 Å². The molecule has 26 heavy (non-hydrogen) atoms. The molecule has 2 heterocycles. The van der Waals surface area contributed by atoms with Gasteiger partial charge in [0, 0.05) is 32.2 Å². The van der Waals surface area contributed by atoms with Gasteiger partial charge in [0.05, 0.1) is 23.6 Å². The number of carbonyl (C=O) groups is 2. The van der Waals surface area contributed by atoms with E-state index in [1.54, 1.807) is 11.0 Å². The van der Waals surface area contributed by atoms with Gasteiger partial charge in [-0.2, -0.15) is 0 Å².